The van der Waals surface area contributed by atoms with E-state index in [9.17, 15) is 14.7 Å². The van der Waals surface area contributed by atoms with E-state index >= 15 is 0 Å². The van der Waals surface area contributed by atoms with E-state index in [2.05, 4.69) is 6.58 Å². The zero-order valence-electron chi connectivity index (χ0n) is 11.8. The molecule has 20 heavy (non-hydrogen) atoms. The molecule has 2 aliphatic heterocycles. The lowest BCUT2D eigenvalue weighted by atomic mass is 9.65. The third kappa shape index (κ3) is 1.79. The molecule has 0 bridgehead atoms. The van der Waals surface area contributed by atoms with E-state index in [-0.39, 0.29) is 35.8 Å². The average molecular weight is 280 g/mol. The average Bonchev–Trinajstić information content (AvgIpc) is 2.55. The lowest BCUT2D eigenvalue weighted by Crippen LogP contribution is -2.49. The van der Waals surface area contributed by atoms with Crippen LogP contribution in [0.4, 0.5) is 0 Å². The molecule has 0 spiro atoms. The summed E-state index contributed by atoms with van der Waals surface area (Å²) in [6, 6.07) is 0. The quantitative estimate of drug-likeness (QED) is 0.536. The molecule has 6 atom stereocenters. The number of rotatable bonds is 0. The molecule has 1 N–H and O–H groups in total. The van der Waals surface area contributed by atoms with Gasteiger partial charge in [-0.2, -0.15) is 0 Å². The molecule has 110 valence electrons. The third-order valence-corrected chi connectivity index (χ3v) is 5.41. The first-order valence-corrected chi connectivity index (χ1v) is 7.10. The Balaban J connectivity index is 1.98. The van der Waals surface area contributed by atoms with Crippen LogP contribution in [-0.2, 0) is 19.1 Å². The van der Waals surface area contributed by atoms with Gasteiger partial charge in [0.05, 0.1) is 0 Å². The van der Waals surface area contributed by atoms with Crippen molar-refractivity contribution in [2.75, 3.05) is 0 Å². The topological polar surface area (TPSA) is 72.8 Å². The van der Waals surface area contributed by atoms with Crippen molar-refractivity contribution in [1.29, 1.82) is 0 Å². The number of hydrogen-bond acceptors (Lipinski definition) is 5. The Labute approximate surface area is 117 Å². The van der Waals surface area contributed by atoms with Crippen molar-refractivity contribution >= 4 is 11.9 Å². The minimum atomic E-state index is -1.13. The number of ether oxygens (including phenoxy) is 2. The van der Waals surface area contributed by atoms with Crippen LogP contribution in [0.15, 0.2) is 12.2 Å². The lowest BCUT2D eigenvalue weighted by Gasteiger charge is -2.45. The largest absolute Gasteiger partial charge is 0.458 e. The van der Waals surface area contributed by atoms with E-state index in [1.54, 1.807) is 0 Å². The molecular weight excluding hydrogens is 260 g/mol. The summed E-state index contributed by atoms with van der Waals surface area (Å²) in [6.45, 7) is 7.81. The monoisotopic (exact) mass is 280 g/mol. The second-order valence-electron chi connectivity index (χ2n) is 6.65. The van der Waals surface area contributed by atoms with Gasteiger partial charge in [-0.15, -0.1) is 0 Å². The predicted octanol–water partition coefficient (Wildman–Crippen LogP) is 1.40. The Hall–Kier alpha value is -1.36. The van der Waals surface area contributed by atoms with Crippen molar-refractivity contribution in [2.24, 2.45) is 23.2 Å². The van der Waals surface area contributed by atoms with Crippen molar-refractivity contribution in [3.63, 3.8) is 0 Å². The van der Waals surface area contributed by atoms with Gasteiger partial charge in [0.2, 0.25) is 6.29 Å². The molecule has 0 unspecified atom stereocenters. The minimum absolute atomic E-state index is 0.0378. The van der Waals surface area contributed by atoms with E-state index < -0.39 is 11.7 Å². The number of cyclic esters (lactones) is 1. The maximum absolute atomic E-state index is 11.7. The molecule has 0 aromatic carbocycles. The van der Waals surface area contributed by atoms with Gasteiger partial charge in [-0.05, 0) is 24.7 Å². The molecule has 0 amide bonds. The maximum Gasteiger partial charge on any atom is 0.334 e. The highest BCUT2D eigenvalue weighted by molar-refractivity contribution is 5.90. The van der Waals surface area contributed by atoms with E-state index in [0.29, 0.717) is 24.8 Å². The molecule has 0 aromatic heterocycles. The highest BCUT2D eigenvalue weighted by Crippen LogP contribution is 2.54. The molecule has 1 saturated carbocycles. The Morgan fingerprint density at radius 2 is 2.05 bits per heavy atom. The van der Waals surface area contributed by atoms with Crippen molar-refractivity contribution in [3.8, 4) is 0 Å². The van der Waals surface area contributed by atoms with Crippen molar-refractivity contribution in [2.45, 2.75) is 45.5 Å². The summed E-state index contributed by atoms with van der Waals surface area (Å²) in [4.78, 5) is 23.3. The van der Waals surface area contributed by atoms with Crippen LogP contribution in [0, 0.1) is 23.2 Å². The van der Waals surface area contributed by atoms with Gasteiger partial charge in [0.25, 0.3) is 0 Å². The van der Waals surface area contributed by atoms with Gasteiger partial charge < -0.3 is 14.6 Å². The molecular formula is C15H20O5. The molecule has 1 aliphatic carbocycles. The standard InChI is InChI=1S/C15H20O5/c1-7-4-11-9(8(2)13(17)19-11)6-15(3)10(7)5-12(16)20-14(15)18/h7,9-11,14,18H,2,4-6H2,1,3H3/t7-,9-,10+,11+,14-,15+/m1/s1. The fourth-order valence-corrected chi connectivity index (χ4v) is 4.15. The number of carbonyl (C=O) groups is 2. The minimum Gasteiger partial charge on any atom is -0.458 e. The zero-order valence-corrected chi connectivity index (χ0v) is 11.8. The number of aliphatic hydroxyl groups excluding tert-OH is 1. The maximum atomic E-state index is 11.7. The number of esters is 2. The summed E-state index contributed by atoms with van der Waals surface area (Å²) in [5.74, 6) is -0.565. The van der Waals surface area contributed by atoms with Crippen LogP contribution in [0.2, 0.25) is 0 Å². The number of aliphatic hydroxyl groups is 1. The fraction of sp³-hybridized carbons (Fsp3) is 0.733. The first kappa shape index (κ1) is 13.6. The summed E-state index contributed by atoms with van der Waals surface area (Å²) >= 11 is 0. The van der Waals surface area contributed by atoms with E-state index in [4.69, 9.17) is 9.47 Å². The lowest BCUT2D eigenvalue weighted by molar-refractivity contribution is -0.226. The van der Waals surface area contributed by atoms with Gasteiger partial charge in [0, 0.05) is 23.3 Å². The summed E-state index contributed by atoms with van der Waals surface area (Å²) in [5.41, 5.74) is -0.0721. The fourth-order valence-electron chi connectivity index (χ4n) is 4.15. The first-order chi connectivity index (χ1) is 9.33. The molecule has 5 heteroatoms. The Morgan fingerprint density at radius 3 is 2.75 bits per heavy atom. The molecule has 3 rings (SSSR count). The number of fused-ring (bicyclic) bond motifs is 2. The molecule has 0 radical (unpaired) electrons. The SMILES string of the molecule is C=C1C(=O)O[C@H]2C[C@@H](C)[C@@H]3CC(=O)O[C@@H](O)[C@@]3(C)C[C@H]12. The van der Waals surface area contributed by atoms with Crippen LogP contribution in [0.5, 0.6) is 0 Å². The number of hydrogen-bond donors (Lipinski definition) is 1. The zero-order chi connectivity index (χ0) is 14.7. The van der Waals surface area contributed by atoms with Crippen molar-refractivity contribution < 1.29 is 24.2 Å². The van der Waals surface area contributed by atoms with Crippen molar-refractivity contribution in [1.82, 2.24) is 0 Å². The van der Waals surface area contributed by atoms with Gasteiger partial charge in [-0.25, -0.2) is 4.79 Å². The molecule has 2 heterocycles. The Bertz CT molecular complexity index is 485. The Kier molecular flexibility index (Phi) is 2.94. The molecule has 3 aliphatic rings. The number of carbonyl (C=O) groups excluding carboxylic acids is 2. The van der Waals surface area contributed by atoms with E-state index in [1.165, 1.54) is 0 Å². The van der Waals surface area contributed by atoms with Gasteiger partial charge in [-0.1, -0.05) is 20.4 Å². The second kappa shape index (κ2) is 4.32. The van der Waals surface area contributed by atoms with Crippen LogP contribution in [0.3, 0.4) is 0 Å². The summed E-state index contributed by atoms with van der Waals surface area (Å²) in [7, 11) is 0. The van der Waals surface area contributed by atoms with Crippen LogP contribution in [0.25, 0.3) is 0 Å². The highest BCUT2D eigenvalue weighted by Gasteiger charge is 2.56. The van der Waals surface area contributed by atoms with Gasteiger partial charge >= 0.3 is 11.9 Å². The molecule has 3 fully saturated rings. The second-order valence-corrected chi connectivity index (χ2v) is 6.65. The van der Waals surface area contributed by atoms with Crippen LogP contribution in [-0.4, -0.2) is 29.4 Å². The molecule has 2 saturated heterocycles. The van der Waals surface area contributed by atoms with Gasteiger partial charge in [0.1, 0.15) is 6.10 Å². The summed E-state index contributed by atoms with van der Waals surface area (Å²) in [5, 5.41) is 10.3. The third-order valence-electron chi connectivity index (χ3n) is 5.41. The van der Waals surface area contributed by atoms with E-state index in [0.717, 1.165) is 0 Å². The molecule has 5 nitrogen and oxygen atoms in total. The van der Waals surface area contributed by atoms with E-state index in [1.807, 2.05) is 13.8 Å². The van der Waals surface area contributed by atoms with Crippen LogP contribution < -0.4 is 0 Å². The van der Waals surface area contributed by atoms with Crippen molar-refractivity contribution in [3.05, 3.63) is 12.2 Å². The smallest absolute Gasteiger partial charge is 0.334 e. The first-order valence-electron chi connectivity index (χ1n) is 7.10. The highest BCUT2D eigenvalue weighted by atomic mass is 16.6. The molecule has 0 aromatic rings. The summed E-state index contributed by atoms with van der Waals surface area (Å²) < 4.78 is 10.4. The predicted molar refractivity (Wildman–Crippen MR) is 69.2 cm³/mol. The van der Waals surface area contributed by atoms with Gasteiger partial charge in [-0.3, -0.25) is 4.79 Å². The van der Waals surface area contributed by atoms with Crippen LogP contribution >= 0.6 is 0 Å². The summed E-state index contributed by atoms with van der Waals surface area (Å²) in [6.07, 6.45) is 0.267. The van der Waals surface area contributed by atoms with Crippen LogP contribution in [0.1, 0.15) is 33.1 Å². The van der Waals surface area contributed by atoms with Gasteiger partial charge in [0.15, 0.2) is 0 Å². The normalized spacial score (nSPS) is 48.0. The Morgan fingerprint density at radius 1 is 1.35 bits per heavy atom.